The fourth-order valence-corrected chi connectivity index (χ4v) is 1.95. The van der Waals surface area contributed by atoms with E-state index in [1.54, 1.807) is 13.0 Å². The van der Waals surface area contributed by atoms with Crippen LogP contribution in [-0.4, -0.2) is 10.1 Å². The SMILES string of the molecule is Cc1noc(CNC(C)c2ccc(Br)cc2F)n1. The second kappa shape index (κ2) is 5.58. The summed E-state index contributed by atoms with van der Waals surface area (Å²) in [7, 11) is 0. The summed E-state index contributed by atoms with van der Waals surface area (Å²) >= 11 is 3.23. The number of aryl methyl sites for hydroxylation is 1. The largest absolute Gasteiger partial charge is 0.338 e. The summed E-state index contributed by atoms with van der Waals surface area (Å²) < 4.78 is 19.4. The normalized spacial score (nSPS) is 12.7. The Morgan fingerprint density at radius 1 is 1.50 bits per heavy atom. The van der Waals surface area contributed by atoms with Gasteiger partial charge >= 0.3 is 0 Å². The lowest BCUT2D eigenvalue weighted by Gasteiger charge is -2.13. The number of aromatic nitrogens is 2. The Bertz CT molecular complexity index is 544. The van der Waals surface area contributed by atoms with Gasteiger partial charge in [0.05, 0.1) is 6.54 Å². The summed E-state index contributed by atoms with van der Waals surface area (Å²) in [6.07, 6.45) is 0. The van der Waals surface area contributed by atoms with Crippen LogP contribution < -0.4 is 5.32 Å². The summed E-state index contributed by atoms with van der Waals surface area (Å²) in [5.41, 5.74) is 0.606. The van der Waals surface area contributed by atoms with Crippen LogP contribution in [-0.2, 0) is 6.54 Å². The summed E-state index contributed by atoms with van der Waals surface area (Å²) in [6, 6.07) is 4.87. The number of nitrogens with zero attached hydrogens (tertiary/aromatic N) is 2. The predicted molar refractivity (Wildman–Crippen MR) is 68.4 cm³/mol. The van der Waals surface area contributed by atoms with Gasteiger partial charge in [0.25, 0.3) is 0 Å². The van der Waals surface area contributed by atoms with Gasteiger partial charge in [-0.15, -0.1) is 0 Å². The monoisotopic (exact) mass is 313 g/mol. The van der Waals surface area contributed by atoms with Crippen LogP contribution in [0.25, 0.3) is 0 Å². The molecule has 2 aromatic rings. The van der Waals surface area contributed by atoms with Crippen LogP contribution in [0.1, 0.15) is 30.2 Å². The van der Waals surface area contributed by atoms with E-state index in [0.29, 0.717) is 23.8 Å². The molecule has 0 amide bonds. The third-order valence-electron chi connectivity index (χ3n) is 2.56. The zero-order chi connectivity index (χ0) is 13.1. The van der Waals surface area contributed by atoms with Gasteiger partial charge in [-0.05, 0) is 26.0 Å². The van der Waals surface area contributed by atoms with Crippen molar-refractivity contribution in [1.82, 2.24) is 15.5 Å². The Kier molecular flexibility index (Phi) is 4.08. The van der Waals surface area contributed by atoms with Crippen molar-refractivity contribution >= 4 is 15.9 Å². The van der Waals surface area contributed by atoms with E-state index >= 15 is 0 Å². The molecule has 0 spiro atoms. The van der Waals surface area contributed by atoms with E-state index in [0.717, 1.165) is 4.47 Å². The fraction of sp³-hybridized carbons (Fsp3) is 0.333. The number of nitrogens with one attached hydrogen (secondary N) is 1. The number of hydrogen-bond donors (Lipinski definition) is 1. The summed E-state index contributed by atoms with van der Waals surface area (Å²) in [5, 5.41) is 6.83. The predicted octanol–water partition coefficient (Wildman–Crippen LogP) is 3.13. The van der Waals surface area contributed by atoms with Gasteiger partial charge < -0.3 is 9.84 Å². The lowest BCUT2D eigenvalue weighted by Crippen LogP contribution is -2.19. The first-order chi connectivity index (χ1) is 8.56. The molecule has 0 aliphatic rings. The highest BCUT2D eigenvalue weighted by Gasteiger charge is 2.12. The maximum Gasteiger partial charge on any atom is 0.240 e. The van der Waals surface area contributed by atoms with Crippen LogP contribution in [0.5, 0.6) is 0 Å². The van der Waals surface area contributed by atoms with Crippen molar-refractivity contribution in [3.8, 4) is 0 Å². The third kappa shape index (κ3) is 3.14. The Hall–Kier alpha value is -1.27. The van der Waals surface area contributed by atoms with Crippen LogP contribution in [0.4, 0.5) is 4.39 Å². The van der Waals surface area contributed by atoms with E-state index in [2.05, 4.69) is 31.4 Å². The van der Waals surface area contributed by atoms with Gasteiger partial charge in [-0.1, -0.05) is 27.2 Å². The van der Waals surface area contributed by atoms with Crippen molar-refractivity contribution in [2.45, 2.75) is 26.4 Å². The van der Waals surface area contributed by atoms with E-state index in [-0.39, 0.29) is 11.9 Å². The van der Waals surface area contributed by atoms with E-state index < -0.39 is 0 Å². The van der Waals surface area contributed by atoms with E-state index in [1.165, 1.54) is 6.07 Å². The van der Waals surface area contributed by atoms with Crippen molar-refractivity contribution in [3.05, 3.63) is 45.8 Å². The van der Waals surface area contributed by atoms with Gasteiger partial charge in [0.2, 0.25) is 5.89 Å². The fourth-order valence-electron chi connectivity index (χ4n) is 1.61. The zero-order valence-corrected chi connectivity index (χ0v) is 11.7. The molecule has 0 aliphatic carbocycles. The maximum atomic E-state index is 13.7. The second-order valence-electron chi connectivity index (χ2n) is 4.00. The molecule has 1 unspecified atom stereocenters. The van der Waals surface area contributed by atoms with Crippen LogP contribution in [0, 0.1) is 12.7 Å². The van der Waals surface area contributed by atoms with E-state index in [4.69, 9.17) is 4.52 Å². The van der Waals surface area contributed by atoms with Gasteiger partial charge in [-0.3, -0.25) is 0 Å². The van der Waals surface area contributed by atoms with E-state index in [1.807, 2.05) is 13.0 Å². The average molecular weight is 314 g/mol. The first kappa shape index (κ1) is 13.2. The van der Waals surface area contributed by atoms with Crippen LogP contribution in [0.3, 0.4) is 0 Å². The molecule has 0 saturated heterocycles. The summed E-state index contributed by atoms with van der Waals surface area (Å²) in [4.78, 5) is 4.07. The smallest absolute Gasteiger partial charge is 0.240 e. The van der Waals surface area contributed by atoms with Crippen molar-refractivity contribution in [2.75, 3.05) is 0 Å². The molecule has 0 bridgehead atoms. The van der Waals surface area contributed by atoms with Gasteiger partial charge in [-0.2, -0.15) is 4.98 Å². The van der Waals surface area contributed by atoms with Crippen molar-refractivity contribution in [3.63, 3.8) is 0 Å². The molecule has 1 heterocycles. The zero-order valence-electron chi connectivity index (χ0n) is 10.1. The number of rotatable bonds is 4. The maximum absolute atomic E-state index is 13.7. The highest BCUT2D eigenvalue weighted by atomic mass is 79.9. The molecule has 18 heavy (non-hydrogen) atoms. The van der Waals surface area contributed by atoms with Gasteiger partial charge in [0, 0.05) is 16.1 Å². The minimum atomic E-state index is -0.244. The molecule has 0 saturated carbocycles. The standard InChI is InChI=1S/C12H13BrFN3O/c1-7(10-4-3-9(13)5-11(10)14)15-6-12-16-8(2)17-18-12/h3-5,7,15H,6H2,1-2H3. The van der Waals surface area contributed by atoms with Crippen LogP contribution in [0.2, 0.25) is 0 Å². The lowest BCUT2D eigenvalue weighted by atomic mass is 10.1. The Balaban J connectivity index is 2.01. The Morgan fingerprint density at radius 2 is 2.28 bits per heavy atom. The topological polar surface area (TPSA) is 51.0 Å². The molecular formula is C12H13BrFN3O. The molecule has 1 aromatic carbocycles. The van der Waals surface area contributed by atoms with Crippen LogP contribution in [0.15, 0.2) is 27.2 Å². The number of hydrogen-bond acceptors (Lipinski definition) is 4. The first-order valence-electron chi connectivity index (χ1n) is 5.54. The molecule has 1 N–H and O–H groups in total. The molecule has 0 fully saturated rings. The van der Waals surface area contributed by atoms with E-state index in [9.17, 15) is 4.39 Å². The molecule has 96 valence electrons. The molecule has 1 aromatic heterocycles. The lowest BCUT2D eigenvalue weighted by molar-refractivity contribution is 0.356. The average Bonchev–Trinajstić information content (AvgIpc) is 2.72. The Labute approximate surface area is 113 Å². The highest BCUT2D eigenvalue weighted by molar-refractivity contribution is 9.10. The molecular weight excluding hydrogens is 301 g/mol. The second-order valence-corrected chi connectivity index (χ2v) is 4.92. The number of halogens is 2. The van der Waals surface area contributed by atoms with Gasteiger partial charge in [-0.25, -0.2) is 4.39 Å². The molecule has 6 heteroatoms. The summed E-state index contributed by atoms with van der Waals surface area (Å²) in [6.45, 7) is 4.05. The molecule has 1 atom stereocenters. The van der Waals surface area contributed by atoms with Crippen molar-refractivity contribution in [1.29, 1.82) is 0 Å². The Morgan fingerprint density at radius 3 is 2.89 bits per heavy atom. The number of benzene rings is 1. The molecule has 4 nitrogen and oxygen atoms in total. The molecule has 0 radical (unpaired) electrons. The molecule has 2 rings (SSSR count). The third-order valence-corrected chi connectivity index (χ3v) is 3.05. The quantitative estimate of drug-likeness (QED) is 0.942. The highest BCUT2D eigenvalue weighted by Crippen LogP contribution is 2.21. The van der Waals surface area contributed by atoms with Gasteiger partial charge in [0.15, 0.2) is 5.82 Å². The summed E-state index contributed by atoms with van der Waals surface area (Å²) in [5.74, 6) is 0.845. The van der Waals surface area contributed by atoms with Crippen molar-refractivity contribution < 1.29 is 8.91 Å². The van der Waals surface area contributed by atoms with Crippen LogP contribution >= 0.6 is 15.9 Å². The minimum absolute atomic E-state index is 0.134. The first-order valence-corrected chi connectivity index (χ1v) is 6.33. The molecule has 0 aliphatic heterocycles. The van der Waals surface area contributed by atoms with Crippen molar-refractivity contribution in [2.24, 2.45) is 0 Å². The van der Waals surface area contributed by atoms with Gasteiger partial charge in [0.1, 0.15) is 5.82 Å². The minimum Gasteiger partial charge on any atom is -0.338 e.